The molecule has 0 spiro atoms. The zero-order valence-electron chi connectivity index (χ0n) is 16.9. The van der Waals surface area contributed by atoms with Crippen LogP contribution in [0, 0.1) is 11.3 Å². The third-order valence-corrected chi connectivity index (χ3v) is 8.15. The van der Waals surface area contributed by atoms with Gasteiger partial charge in [0, 0.05) is 12.1 Å². The van der Waals surface area contributed by atoms with Crippen LogP contribution < -0.4 is 4.74 Å². The van der Waals surface area contributed by atoms with Crippen LogP contribution in [0.1, 0.15) is 32.3 Å². The summed E-state index contributed by atoms with van der Waals surface area (Å²) in [5.41, 5.74) is 1.80. The van der Waals surface area contributed by atoms with E-state index in [0.29, 0.717) is 17.9 Å². The van der Waals surface area contributed by atoms with E-state index in [0.717, 1.165) is 17.6 Å². The van der Waals surface area contributed by atoms with Gasteiger partial charge in [0.2, 0.25) is 0 Å². The van der Waals surface area contributed by atoms with Gasteiger partial charge in [-0.25, -0.2) is 8.42 Å². The van der Waals surface area contributed by atoms with E-state index in [1.54, 1.807) is 31.4 Å². The van der Waals surface area contributed by atoms with Gasteiger partial charge < -0.3 is 4.74 Å². The fourth-order valence-electron chi connectivity index (χ4n) is 4.83. The summed E-state index contributed by atoms with van der Waals surface area (Å²) in [6.07, 6.45) is 1.30. The van der Waals surface area contributed by atoms with E-state index in [4.69, 9.17) is 4.74 Å². The number of carbonyl (C=O) groups excluding carboxylic acids is 1. The Morgan fingerprint density at radius 3 is 2.38 bits per heavy atom. The number of hydrogen-bond acceptors (Lipinski definition) is 4. The molecule has 2 aromatic rings. The van der Waals surface area contributed by atoms with Crippen LogP contribution in [0.15, 0.2) is 70.8 Å². The largest absolute Gasteiger partial charge is 0.497 e. The molecule has 0 amide bonds. The van der Waals surface area contributed by atoms with Crippen molar-refractivity contribution in [3.63, 3.8) is 0 Å². The van der Waals surface area contributed by atoms with Gasteiger partial charge >= 0.3 is 0 Å². The third kappa shape index (κ3) is 2.97. The second kappa shape index (κ2) is 7.02. The van der Waals surface area contributed by atoms with E-state index in [1.807, 2.05) is 44.2 Å². The van der Waals surface area contributed by atoms with Crippen molar-refractivity contribution in [1.82, 2.24) is 4.31 Å². The molecular weight excluding hydrogens is 386 g/mol. The highest BCUT2D eigenvalue weighted by atomic mass is 32.2. The molecule has 0 unspecified atom stereocenters. The van der Waals surface area contributed by atoms with Gasteiger partial charge in [-0.15, -0.1) is 0 Å². The number of hydrogen-bond donors (Lipinski definition) is 0. The van der Waals surface area contributed by atoms with Crippen LogP contribution in [0.3, 0.4) is 0 Å². The van der Waals surface area contributed by atoms with Crippen LogP contribution in [0.2, 0.25) is 0 Å². The first kappa shape index (κ1) is 19.7. The molecule has 0 aliphatic heterocycles. The van der Waals surface area contributed by atoms with E-state index in [2.05, 4.69) is 0 Å². The highest BCUT2D eigenvalue weighted by Crippen LogP contribution is 2.60. The Kier molecular flexibility index (Phi) is 4.77. The molecular formula is C23H25NO4S. The normalized spacial score (nSPS) is 23.6. The Balaban J connectivity index is 1.82. The van der Waals surface area contributed by atoms with Gasteiger partial charge in [0.05, 0.1) is 24.0 Å². The number of allylic oxidation sites excluding steroid dienone is 2. The average molecular weight is 412 g/mol. The molecule has 152 valence electrons. The van der Waals surface area contributed by atoms with Crippen molar-refractivity contribution in [2.24, 2.45) is 11.3 Å². The number of sulfonamides is 1. The van der Waals surface area contributed by atoms with Crippen LogP contribution in [0.25, 0.3) is 0 Å². The number of Topliss-reactive ketones (excluding diaryl/α,β-unsaturated/α-hetero) is 1. The topological polar surface area (TPSA) is 63.7 Å². The summed E-state index contributed by atoms with van der Waals surface area (Å²) in [6, 6.07) is 15.9. The lowest BCUT2D eigenvalue weighted by molar-refractivity contribution is -0.125. The van der Waals surface area contributed by atoms with Gasteiger partial charge in [0.15, 0.2) is 0 Å². The Morgan fingerprint density at radius 1 is 1.10 bits per heavy atom. The Bertz CT molecular complexity index is 1070. The van der Waals surface area contributed by atoms with Gasteiger partial charge in [0.1, 0.15) is 11.5 Å². The number of rotatable bonds is 6. The lowest BCUT2D eigenvalue weighted by Gasteiger charge is -2.49. The molecule has 29 heavy (non-hydrogen) atoms. The van der Waals surface area contributed by atoms with E-state index in [9.17, 15) is 13.2 Å². The summed E-state index contributed by atoms with van der Waals surface area (Å²) in [4.78, 5) is 12.9. The molecule has 0 aromatic heterocycles. The van der Waals surface area contributed by atoms with Crippen molar-refractivity contribution in [2.75, 3.05) is 7.11 Å². The molecule has 2 aromatic carbocycles. The van der Waals surface area contributed by atoms with Crippen molar-refractivity contribution in [1.29, 1.82) is 0 Å². The van der Waals surface area contributed by atoms with Gasteiger partial charge in [0.25, 0.3) is 10.0 Å². The summed E-state index contributed by atoms with van der Waals surface area (Å²) in [7, 11) is -2.31. The monoisotopic (exact) mass is 411 g/mol. The number of methoxy groups -OCH3 is 1. The third-order valence-electron chi connectivity index (χ3n) is 6.39. The molecule has 0 N–H and O–H groups in total. The summed E-state index contributed by atoms with van der Waals surface area (Å²) in [5.74, 6) is 0.857. The molecule has 0 bridgehead atoms. The maximum atomic E-state index is 13.7. The second-order valence-corrected chi connectivity index (χ2v) is 9.78. The number of ketones is 1. The molecule has 2 atom stereocenters. The van der Waals surface area contributed by atoms with Gasteiger partial charge in [-0.05, 0) is 61.6 Å². The number of ether oxygens (including phenoxy) is 1. The molecule has 1 fully saturated rings. The average Bonchev–Trinajstić information content (AvgIpc) is 2.99. The molecule has 0 saturated heterocycles. The van der Waals surface area contributed by atoms with Crippen LogP contribution in [0.4, 0.5) is 0 Å². The van der Waals surface area contributed by atoms with Crippen LogP contribution in [0.5, 0.6) is 5.75 Å². The molecule has 2 aliphatic rings. The van der Waals surface area contributed by atoms with E-state index in [1.165, 1.54) is 4.31 Å². The zero-order valence-corrected chi connectivity index (χ0v) is 17.7. The first-order chi connectivity index (χ1) is 13.8. The lowest BCUT2D eigenvalue weighted by atomic mass is 9.62. The molecule has 4 rings (SSSR count). The van der Waals surface area contributed by atoms with Crippen LogP contribution >= 0.6 is 0 Å². The van der Waals surface area contributed by atoms with Crippen molar-refractivity contribution < 1.29 is 17.9 Å². The minimum atomic E-state index is -3.85. The smallest absolute Gasteiger partial charge is 0.264 e. The molecule has 2 aliphatic carbocycles. The lowest BCUT2D eigenvalue weighted by Crippen LogP contribution is -2.50. The second-order valence-electron chi connectivity index (χ2n) is 7.92. The maximum Gasteiger partial charge on any atom is 0.264 e. The van der Waals surface area contributed by atoms with E-state index in [-0.39, 0.29) is 23.1 Å². The number of benzene rings is 2. The number of fused-ring (bicyclic) bond motifs is 1. The Hall–Kier alpha value is -2.60. The fraction of sp³-hybridized carbons (Fsp3) is 0.348. The van der Waals surface area contributed by atoms with E-state index < -0.39 is 15.4 Å². The van der Waals surface area contributed by atoms with Crippen LogP contribution in [-0.2, 0) is 21.4 Å². The Morgan fingerprint density at radius 2 is 1.76 bits per heavy atom. The van der Waals surface area contributed by atoms with Gasteiger partial charge in [-0.1, -0.05) is 30.3 Å². The molecule has 5 nitrogen and oxygen atoms in total. The van der Waals surface area contributed by atoms with Crippen molar-refractivity contribution in [2.45, 2.75) is 38.1 Å². The minimum absolute atomic E-state index is 0.131. The summed E-state index contributed by atoms with van der Waals surface area (Å²) in [6.45, 7) is 4.05. The number of carbonyl (C=O) groups is 1. The first-order valence-electron chi connectivity index (χ1n) is 9.75. The highest BCUT2D eigenvalue weighted by Gasteiger charge is 2.60. The van der Waals surface area contributed by atoms with E-state index >= 15 is 0 Å². The SMILES string of the molecule is COc1ccc(S(=O)(=O)N(Cc2ccccc2)C2=C(C)[C@H]3CCC(=O)[C@@]23C)cc1. The zero-order chi connectivity index (χ0) is 20.8. The molecule has 0 radical (unpaired) electrons. The van der Waals surface area contributed by atoms with Gasteiger partial charge in [-0.3, -0.25) is 9.10 Å². The highest BCUT2D eigenvalue weighted by molar-refractivity contribution is 7.89. The minimum Gasteiger partial charge on any atom is -0.497 e. The summed E-state index contributed by atoms with van der Waals surface area (Å²) >= 11 is 0. The van der Waals surface area contributed by atoms with Crippen molar-refractivity contribution >= 4 is 15.8 Å². The quantitative estimate of drug-likeness (QED) is 0.716. The predicted molar refractivity (Wildman–Crippen MR) is 111 cm³/mol. The standard InChI is InChI=1S/C23H25NO4S/c1-16-20-13-14-21(25)23(20,2)22(16)24(15-17-7-5-4-6-8-17)29(26,27)19-11-9-18(28-3)10-12-19/h4-12,20H,13-15H2,1-3H3/t20-,23+/m1/s1. The van der Waals surface area contributed by atoms with Gasteiger partial charge in [-0.2, -0.15) is 0 Å². The molecule has 6 heteroatoms. The number of nitrogens with zero attached hydrogens (tertiary/aromatic N) is 1. The summed E-state index contributed by atoms with van der Waals surface area (Å²) in [5, 5.41) is 0. The maximum absolute atomic E-state index is 13.7. The molecule has 1 saturated carbocycles. The van der Waals surface area contributed by atoms with Crippen molar-refractivity contribution in [3.05, 3.63) is 71.4 Å². The van der Waals surface area contributed by atoms with Crippen LogP contribution in [-0.4, -0.2) is 25.6 Å². The predicted octanol–water partition coefficient (Wildman–Crippen LogP) is 4.16. The Labute approximate surface area is 172 Å². The fourth-order valence-corrected chi connectivity index (χ4v) is 6.45. The first-order valence-corrected chi connectivity index (χ1v) is 11.2. The molecule has 0 heterocycles. The summed E-state index contributed by atoms with van der Waals surface area (Å²) < 4.78 is 34.0. The van der Waals surface area contributed by atoms with Crippen molar-refractivity contribution in [3.8, 4) is 5.75 Å².